The zero-order valence-electron chi connectivity index (χ0n) is 8.34. The summed E-state index contributed by atoms with van der Waals surface area (Å²) in [7, 11) is 0. The smallest absolute Gasteiger partial charge is 0.126 e. The van der Waals surface area contributed by atoms with E-state index in [4.69, 9.17) is 6.42 Å². The van der Waals surface area contributed by atoms with Crippen molar-refractivity contribution in [3.63, 3.8) is 0 Å². The number of anilines is 1. The van der Waals surface area contributed by atoms with Gasteiger partial charge in [0.25, 0.3) is 0 Å². The van der Waals surface area contributed by atoms with Crippen molar-refractivity contribution in [2.24, 2.45) is 0 Å². The van der Waals surface area contributed by atoms with E-state index < -0.39 is 0 Å². The Balaban J connectivity index is 2.69. The van der Waals surface area contributed by atoms with Gasteiger partial charge in [0.1, 0.15) is 5.82 Å². The first-order valence-corrected chi connectivity index (χ1v) is 5.25. The zero-order chi connectivity index (χ0) is 10.6. The van der Waals surface area contributed by atoms with Gasteiger partial charge in [0, 0.05) is 23.1 Å². The molecular formula is C11H13BrN2. The van der Waals surface area contributed by atoms with Gasteiger partial charge < -0.3 is 5.32 Å². The van der Waals surface area contributed by atoms with Gasteiger partial charge in [-0.15, -0.1) is 12.3 Å². The Morgan fingerprint density at radius 2 is 2.43 bits per heavy atom. The van der Waals surface area contributed by atoms with Gasteiger partial charge in [-0.3, -0.25) is 0 Å². The number of nitrogens with zero attached hydrogens (tertiary/aromatic N) is 1. The normalized spacial score (nSPS) is 11.9. The number of nitrogens with one attached hydrogen (secondary N) is 1. The minimum absolute atomic E-state index is 0.257. The van der Waals surface area contributed by atoms with E-state index in [1.54, 1.807) is 6.20 Å². The Morgan fingerprint density at radius 1 is 1.71 bits per heavy atom. The summed E-state index contributed by atoms with van der Waals surface area (Å²) in [6.07, 6.45) is 7.72. The minimum Gasteiger partial charge on any atom is -0.367 e. The van der Waals surface area contributed by atoms with Crippen LogP contribution in [0.3, 0.4) is 0 Å². The first-order valence-electron chi connectivity index (χ1n) is 4.45. The van der Waals surface area contributed by atoms with Crippen LogP contribution in [0, 0.1) is 19.3 Å². The molecule has 0 radical (unpaired) electrons. The lowest BCUT2D eigenvalue weighted by Gasteiger charge is -2.12. The molecule has 0 aliphatic carbocycles. The van der Waals surface area contributed by atoms with E-state index in [0.717, 1.165) is 15.9 Å². The van der Waals surface area contributed by atoms with Crippen LogP contribution in [-0.4, -0.2) is 11.0 Å². The third kappa shape index (κ3) is 3.04. The number of hydrogen-bond acceptors (Lipinski definition) is 2. The van der Waals surface area contributed by atoms with Crippen molar-refractivity contribution in [3.8, 4) is 12.3 Å². The van der Waals surface area contributed by atoms with Crippen molar-refractivity contribution in [1.29, 1.82) is 0 Å². The second-order valence-corrected chi connectivity index (χ2v) is 4.13. The van der Waals surface area contributed by atoms with Crippen LogP contribution >= 0.6 is 15.9 Å². The molecule has 0 aliphatic rings. The summed E-state index contributed by atoms with van der Waals surface area (Å²) in [5.41, 5.74) is 1.16. The highest BCUT2D eigenvalue weighted by Gasteiger charge is 2.02. The van der Waals surface area contributed by atoms with Crippen molar-refractivity contribution in [2.45, 2.75) is 26.3 Å². The summed E-state index contributed by atoms with van der Waals surface area (Å²) in [5, 5.41) is 3.24. The van der Waals surface area contributed by atoms with Crippen molar-refractivity contribution >= 4 is 21.7 Å². The van der Waals surface area contributed by atoms with E-state index in [2.05, 4.69) is 32.2 Å². The average Bonchev–Trinajstić information content (AvgIpc) is 2.12. The number of aryl methyl sites for hydroxylation is 1. The lowest BCUT2D eigenvalue weighted by Crippen LogP contribution is -2.15. The highest BCUT2D eigenvalue weighted by Crippen LogP contribution is 2.17. The molecule has 1 rings (SSSR count). The number of pyridine rings is 1. The third-order valence-corrected chi connectivity index (χ3v) is 2.70. The lowest BCUT2D eigenvalue weighted by molar-refractivity contribution is 0.821. The van der Waals surface area contributed by atoms with Crippen LogP contribution in [-0.2, 0) is 0 Å². The SMILES string of the molecule is C#CCC(C)Nc1cc(C)c(Br)cn1. The molecule has 0 amide bonds. The van der Waals surface area contributed by atoms with E-state index in [9.17, 15) is 0 Å². The van der Waals surface area contributed by atoms with E-state index >= 15 is 0 Å². The van der Waals surface area contributed by atoms with Crippen LogP contribution in [0.25, 0.3) is 0 Å². The topological polar surface area (TPSA) is 24.9 Å². The van der Waals surface area contributed by atoms with Gasteiger partial charge in [-0.2, -0.15) is 0 Å². The fraction of sp³-hybridized carbons (Fsp3) is 0.364. The quantitative estimate of drug-likeness (QED) is 0.837. The van der Waals surface area contributed by atoms with Crippen molar-refractivity contribution < 1.29 is 0 Å². The lowest BCUT2D eigenvalue weighted by atomic mass is 10.2. The molecule has 1 aromatic rings. The molecule has 1 N–H and O–H groups in total. The van der Waals surface area contributed by atoms with Crippen LogP contribution < -0.4 is 5.32 Å². The number of aromatic nitrogens is 1. The predicted molar refractivity (Wildman–Crippen MR) is 63.2 cm³/mol. The first-order chi connectivity index (χ1) is 6.63. The molecule has 1 aromatic heterocycles. The third-order valence-electron chi connectivity index (χ3n) is 1.87. The Morgan fingerprint density at radius 3 is 3.00 bits per heavy atom. The molecule has 3 heteroatoms. The zero-order valence-corrected chi connectivity index (χ0v) is 9.93. The first kappa shape index (κ1) is 11.1. The van der Waals surface area contributed by atoms with E-state index in [1.807, 2.05) is 19.9 Å². The Kier molecular flexibility index (Phi) is 3.97. The molecule has 0 spiro atoms. The predicted octanol–water partition coefficient (Wildman–Crippen LogP) is 2.98. The molecule has 0 saturated heterocycles. The van der Waals surface area contributed by atoms with E-state index in [0.29, 0.717) is 6.42 Å². The van der Waals surface area contributed by atoms with Crippen LogP contribution in [0.4, 0.5) is 5.82 Å². The monoisotopic (exact) mass is 252 g/mol. The maximum absolute atomic E-state index is 5.22. The van der Waals surface area contributed by atoms with Gasteiger partial charge in [0.05, 0.1) is 0 Å². The minimum atomic E-state index is 0.257. The summed E-state index contributed by atoms with van der Waals surface area (Å²) < 4.78 is 1.02. The van der Waals surface area contributed by atoms with Crippen LogP contribution in [0.15, 0.2) is 16.7 Å². The standard InChI is InChI=1S/C11H13BrN2/c1-4-5-9(3)14-11-6-8(2)10(12)7-13-11/h1,6-7,9H,5H2,2-3H3,(H,13,14). The molecule has 74 valence electrons. The van der Waals surface area contributed by atoms with Gasteiger partial charge in [-0.1, -0.05) is 0 Å². The van der Waals surface area contributed by atoms with Gasteiger partial charge in [0.15, 0.2) is 0 Å². The van der Waals surface area contributed by atoms with Crippen LogP contribution in [0.5, 0.6) is 0 Å². The van der Waals surface area contributed by atoms with Crippen molar-refractivity contribution in [3.05, 3.63) is 22.3 Å². The summed E-state index contributed by atoms with van der Waals surface area (Å²) in [6.45, 7) is 4.07. The highest BCUT2D eigenvalue weighted by molar-refractivity contribution is 9.10. The van der Waals surface area contributed by atoms with Crippen molar-refractivity contribution in [2.75, 3.05) is 5.32 Å². The van der Waals surface area contributed by atoms with Gasteiger partial charge in [-0.05, 0) is 41.4 Å². The Bertz CT molecular complexity index is 355. The molecule has 0 bridgehead atoms. The Labute approximate surface area is 93.3 Å². The largest absolute Gasteiger partial charge is 0.367 e. The van der Waals surface area contributed by atoms with Gasteiger partial charge in [0.2, 0.25) is 0 Å². The second kappa shape index (κ2) is 5.02. The van der Waals surface area contributed by atoms with Gasteiger partial charge in [-0.25, -0.2) is 4.98 Å². The molecule has 14 heavy (non-hydrogen) atoms. The molecule has 0 saturated carbocycles. The fourth-order valence-electron chi connectivity index (χ4n) is 1.10. The van der Waals surface area contributed by atoms with Crippen molar-refractivity contribution in [1.82, 2.24) is 4.98 Å². The van der Waals surface area contributed by atoms with E-state index in [1.165, 1.54) is 0 Å². The summed E-state index contributed by atoms with van der Waals surface area (Å²) >= 11 is 3.40. The summed E-state index contributed by atoms with van der Waals surface area (Å²) in [5.74, 6) is 3.48. The maximum Gasteiger partial charge on any atom is 0.126 e. The molecule has 0 aromatic carbocycles. The number of terminal acetylenes is 1. The Hall–Kier alpha value is -1.01. The summed E-state index contributed by atoms with van der Waals surface area (Å²) in [4.78, 5) is 4.23. The highest BCUT2D eigenvalue weighted by atomic mass is 79.9. The van der Waals surface area contributed by atoms with Crippen LogP contribution in [0.2, 0.25) is 0 Å². The molecular weight excluding hydrogens is 240 g/mol. The molecule has 2 nitrogen and oxygen atoms in total. The average molecular weight is 253 g/mol. The maximum atomic E-state index is 5.22. The number of rotatable bonds is 3. The molecule has 1 unspecified atom stereocenters. The second-order valence-electron chi connectivity index (χ2n) is 3.27. The molecule has 0 aliphatic heterocycles. The number of hydrogen-bond donors (Lipinski definition) is 1. The van der Waals surface area contributed by atoms with Gasteiger partial charge >= 0.3 is 0 Å². The molecule has 0 fully saturated rings. The molecule has 1 atom stereocenters. The number of halogens is 1. The van der Waals surface area contributed by atoms with Crippen LogP contribution in [0.1, 0.15) is 18.9 Å². The fourth-order valence-corrected chi connectivity index (χ4v) is 1.32. The summed E-state index contributed by atoms with van der Waals surface area (Å²) in [6, 6.07) is 2.25. The van der Waals surface area contributed by atoms with E-state index in [-0.39, 0.29) is 6.04 Å². The molecule has 1 heterocycles.